The summed E-state index contributed by atoms with van der Waals surface area (Å²) in [7, 11) is 0. The van der Waals surface area contributed by atoms with Crippen LogP contribution < -0.4 is 5.32 Å². The van der Waals surface area contributed by atoms with E-state index in [9.17, 15) is 0 Å². The zero-order chi connectivity index (χ0) is 14.9. The second-order valence-electron chi connectivity index (χ2n) is 5.46. The Morgan fingerprint density at radius 1 is 1.32 bits per heavy atom. The Kier molecular flexibility index (Phi) is 9.95. The first-order valence-corrected chi connectivity index (χ1v) is 9.03. The van der Waals surface area contributed by atoms with Crippen LogP contribution >= 0.6 is 35.7 Å². The van der Waals surface area contributed by atoms with E-state index in [0.29, 0.717) is 0 Å². The standard InChI is InChI=1S/C17H27N3S.HI/c1-3-11-19-17(18-4-2)20-12-10-15(13-20)14-21-16-8-6-5-7-9-16;/h5-9,15H,3-4,10-14H2,1-2H3,(H,18,19);1H. The fraction of sp³-hybridized carbons (Fsp3) is 0.588. The average molecular weight is 433 g/mol. The summed E-state index contributed by atoms with van der Waals surface area (Å²) in [5, 5.41) is 3.42. The van der Waals surface area contributed by atoms with Crippen LogP contribution in [0.5, 0.6) is 0 Å². The number of nitrogens with zero attached hydrogens (tertiary/aromatic N) is 2. The van der Waals surface area contributed by atoms with E-state index >= 15 is 0 Å². The molecule has 1 aliphatic heterocycles. The fourth-order valence-corrected chi connectivity index (χ4v) is 3.59. The summed E-state index contributed by atoms with van der Waals surface area (Å²) in [6, 6.07) is 10.7. The highest BCUT2D eigenvalue weighted by molar-refractivity contribution is 14.0. The molecular formula is C17H28IN3S. The van der Waals surface area contributed by atoms with E-state index in [-0.39, 0.29) is 24.0 Å². The highest BCUT2D eigenvalue weighted by atomic mass is 127. The topological polar surface area (TPSA) is 27.6 Å². The number of hydrogen-bond donors (Lipinski definition) is 1. The molecule has 0 aromatic heterocycles. The van der Waals surface area contributed by atoms with Gasteiger partial charge in [-0.25, -0.2) is 0 Å². The van der Waals surface area contributed by atoms with E-state index in [1.54, 1.807) is 0 Å². The Balaban J connectivity index is 0.00000242. The van der Waals surface area contributed by atoms with Crippen LogP contribution in [0.2, 0.25) is 0 Å². The number of guanidine groups is 1. The first-order chi connectivity index (χ1) is 10.3. The molecule has 1 aromatic carbocycles. The molecule has 0 saturated carbocycles. The van der Waals surface area contributed by atoms with Crippen molar-refractivity contribution in [2.45, 2.75) is 31.6 Å². The lowest BCUT2D eigenvalue weighted by molar-refractivity contribution is 0.474. The average Bonchev–Trinajstić information content (AvgIpc) is 2.99. The molecule has 1 heterocycles. The molecule has 1 aliphatic rings. The third-order valence-corrected chi connectivity index (χ3v) is 4.88. The molecule has 22 heavy (non-hydrogen) atoms. The highest BCUT2D eigenvalue weighted by Crippen LogP contribution is 2.25. The molecule has 0 amide bonds. The molecule has 124 valence electrons. The number of hydrogen-bond acceptors (Lipinski definition) is 2. The minimum absolute atomic E-state index is 0. The molecule has 2 rings (SSSR count). The molecule has 1 atom stereocenters. The Labute approximate surface area is 156 Å². The van der Waals surface area contributed by atoms with Crippen LogP contribution in [0.25, 0.3) is 0 Å². The molecule has 1 fully saturated rings. The van der Waals surface area contributed by atoms with Crippen molar-refractivity contribution in [3.05, 3.63) is 30.3 Å². The summed E-state index contributed by atoms with van der Waals surface area (Å²) < 4.78 is 0. The van der Waals surface area contributed by atoms with Gasteiger partial charge in [0.2, 0.25) is 0 Å². The fourth-order valence-electron chi connectivity index (χ4n) is 2.54. The second kappa shape index (κ2) is 11.2. The Bertz CT molecular complexity index is 439. The van der Waals surface area contributed by atoms with Gasteiger partial charge >= 0.3 is 0 Å². The van der Waals surface area contributed by atoms with Crippen LogP contribution in [-0.4, -0.2) is 42.8 Å². The van der Waals surface area contributed by atoms with Crippen LogP contribution in [0.4, 0.5) is 0 Å². The van der Waals surface area contributed by atoms with Crippen molar-refractivity contribution in [2.75, 3.05) is 31.9 Å². The highest BCUT2D eigenvalue weighted by Gasteiger charge is 2.24. The van der Waals surface area contributed by atoms with E-state index in [1.807, 2.05) is 11.8 Å². The minimum atomic E-state index is 0. The summed E-state index contributed by atoms with van der Waals surface area (Å²) in [5.41, 5.74) is 0. The van der Waals surface area contributed by atoms with Crippen molar-refractivity contribution >= 4 is 41.7 Å². The van der Waals surface area contributed by atoms with Crippen molar-refractivity contribution in [1.29, 1.82) is 0 Å². The molecule has 0 radical (unpaired) electrons. The second-order valence-corrected chi connectivity index (χ2v) is 6.55. The van der Waals surface area contributed by atoms with E-state index in [2.05, 4.69) is 54.4 Å². The van der Waals surface area contributed by atoms with Crippen LogP contribution in [0.15, 0.2) is 40.2 Å². The maximum absolute atomic E-state index is 4.69. The number of likely N-dealkylation sites (tertiary alicyclic amines) is 1. The lowest BCUT2D eigenvalue weighted by atomic mass is 10.2. The van der Waals surface area contributed by atoms with Crippen molar-refractivity contribution in [1.82, 2.24) is 10.2 Å². The number of rotatable bonds is 6. The van der Waals surface area contributed by atoms with Gasteiger partial charge in [-0.3, -0.25) is 4.99 Å². The lowest BCUT2D eigenvalue weighted by Crippen LogP contribution is -2.40. The zero-order valence-electron chi connectivity index (χ0n) is 13.6. The zero-order valence-corrected chi connectivity index (χ0v) is 16.8. The Hall–Kier alpha value is -0.430. The molecule has 0 spiro atoms. The largest absolute Gasteiger partial charge is 0.357 e. The van der Waals surface area contributed by atoms with Crippen molar-refractivity contribution in [2.24, 2.45) is 10.9 Å². The number of thioether (sulfide) groups is 1. The third-order valence-electron chi connectivity index (χ3n) is 3.63. The number of nitrogens with one attached hydrogen (secondary N) is 1. The molecule has 0 bridgehead atoms. The summed E-state index contributed by atoms with van der Waals surface area (Å²) in [4.78, 5) is 8.49. The van der Waals surface area contributed by atoms with Crippen LogP contribution in [0.1, 0.15) is 26.7 Å². The lowest BCUT2D eigenvalue weighted by Gasteiger charge is -2.21. The Morgan fingerprint density at radius 3 is 2.77 bits per heavy atom. The normalized spacial score (nSPS) is 18.2. The molecular weight excluding hydrogens is 405 g/mol. The van der Waals surface area contributed by atoms with Crippen LogP contribution in [-0.2, 0) is 0 Å². The van der Waals surface area contributed by atoms with Gasteiger partial charge in [0.05, 0.1) is 0 Å². The monoisotopic (exact) mass is 433 g/mol. The Morgan fingerprint density at radius 2 is 2.09 bits per heavy atom. The van der Waals surface area contributed by atoms with Crippen molar-refractivity contribution in [3.63, 3.8) is 0 Å². The van der Waals surface area contributed by atoms with Crippen LogP contribution in [0.3, 0.4) is 0 Å². The van der Waals surface area contributed by atoms with Gasteiger partial charge in [-0.05, 0) is 37.8 Å². The smallest absolute Gasteiger partial charge is 0.193 e. The summed E-state index contributed by atoms with van der Waals surface area (Å²) >= 11 is 1.98. The maximum Gasteiger partial charge on any atom is 0.193 e. The van der Waals surface area contributed by atoms with Gasteiger partial charge in [0.15, 0.2) is 5.96 Å². The molecule has 1 aromatic rings. The third kappa shape index (κ3) is 6.36. The van der Waals surface area contributed by atoms with Gasteiger partial charge in [0, 0.05) is 36.8 Å². The van der Waals surface area contributed by atoms with Crippen LogP contribution in [0, 0.1) is 5.92 Å². The minimum Gasteiger partial charge on any atom is -0.357 e. The van der Waals surface area contributed by atoms with E-state index in [1.165, 1.54) is 17.1 Å². The molecule has 5 heteroatoms. The molecule has 3 nitrogen and oxygen atoms in total. The van der Waals surface area contributed by atoms with Crippen molar-refractivity contribution < 1.29 is 0 Å². The summed E-state index contributed by atoms with van der Waals surface area (Å²) in [6.45, 7) is 8.45. The number of benzene rings is 1. The number of aliphatic imine (C=N–C) groups is 1. The molecule has 1 saturated heterocycles. The quantitative estimate of drug-likeness (QED) is 0.317. The molecule has 0 aliphatic carbocycles. The van der Waals surface area contributed by atoms with Gasteiger partial charge < -0.3 is 10.2 Å². The predicted molar refractivity (Wildman–Crippen MR) is 109 cm³/mol. The molecule has 1 N–H and O–H groups in total. The number of halogens is 1. The van der Waals surface area contributed by atoms with E-state index < -0.39 is 0 Å². The van der Waals surface area contributed by atoms with Crippen molar-refractivity contribution in [3.8, 4) is 0 Å². The SMILES string of the molecule is CCCN=C(NCC)N1CCC(CSc2ccccc2)C1.I. The van der Waals surface area contributed by atoms with Gasteiger partial charge in [0.25, 0.3) is 0 Å². The van der Waals surface area contributed by atoms with Gasteiger partial charge in [-0.15, -0.1) is 35.7 Å². The predicted octanol–water partition coefficient (Wildman–Crippen LogP) is 4.09. The van der Waals surface area contributed by atoms with E-state index in [4.69, 9.17) is 4.99 Å². The summed E-state index contributed by atoms with van der Waals surface area (Å²) in [5.74, 6) is 3.07. The first kappa shape index (κ1) is 19.6. The van der Waals surface area contributed by atoms with Gasteiger partial charge in [-0.1, -0.05) is 25.1 Å². The van der Waals surface area contributed by atoms with Gasteiger partial charge in [0.1, 0.15) is 0 Å². The summed E-state index contributed by atoms with van der Waals surface area (Å²) in [6.07, 6.45) is 2.38. The first-order valence-electron chi connectivity index (χ1n) is 8.04. The van der Waals surface area contributed by atoms with Gasteiger partial charge in [-0.2, -0.15) is 0 Å². The van der Waals surface area contributed by atoms with E-state index in [0.717, 1.165) is 44.5 Å². The maximum atomic E-state index is 4.69. The molecule has 1 unspecified atom stereocenters.